The Kier molecular flexibility index (Phi) is 6.31. The van der Waals surface area contributed by atoms with Crippen molar-refractivity contribution in [2.45, 2.75) is 33.6 Å². The Morgan fingerprint density at radius 1 is 1.14 bits per heavy atom. The highest BCUT2D eigenvalue weighted by atomic mass is 35.5. The number of carbonyl (C=O) groups is 1. The molecule has 7 heteroatoms. The third-order valence-electron chi connectivity index (χ3n) is 4.46. The van der Waals surface area contributed by atoms with Gasteiger partial charge in [0.05, 0.1) is 0 Å². The van der Waals surface area contributed by atoms with Crippen LogP contribution in [0.4, 0.5) is 5.82 Å². The number of aryl methyl sites for hydroxylation is 3. The van der Waals surface area contributed by atoms with Gasteiger partial charge in [0.25, 0.3) is 5.91 Å². The molecule has 0 bridgehead atoms. The second-order valence-corrected chi connectivity index (χ2v) is 6.82. The Hall–Kier alpha value is -2.86. The van der Waals surface area contributed by atoms with Crippen molar-refractivity contribution in [1.29, 1.82) is 0 Å². The van der Waals surface area contributed by atoms with E-state index in [1.54, 1.807) is 18.2 Å². The van der Waals surface area contributed by atoms with E-state index < -0.39 is 0 Å². The van der Waals surface area contributed by atoms with Gasteiger partial charge in [-0.15, -0.1) is 0 Å². The van der Waals surface area contributed by atoms with Crippen LogP contribution in [0.5, 0.6) is 5.75 Å². The van der Waals surface area contributed by atoms with Crippen LogP contribution in [0.1, 0.15) is 30.5 Å². The number of aromatic nitrogens is 2. The molecule has 3 rings (SSSR count). The molecule has 2 aromatic carbocycles. The molecule has 1 heterocycles. The lowest BCUT2D eigenvalue weighted by Crippen LogP contribution is -2.20. The molecular formula is C21H22ClN3O3. The summed E-state index contributed by atoms with van der Waals surface area (Å²) in [7, 11) is 0. The van der Waals surface area contributed by atoms with E-state index in [0.717, 1.165) is 29.5 Å². The molecule has 0 spiro atoms. The molecule has 0 saturated carbocycles. The summed E-state index contributed by atoms with van der Waals surface area (Å²) < 4.78 is 10.4. The van der Waals surface area contributed by atoms with Crippen LogP contribution in [-0.2, 0) is 17.6 Å². The van der Waals surface area contributed by atoms with Crippen LogP contribution in [0.3, 0.4) is 0 Å². The molecule has 0 saturated heterocycles. The largest absolute Gasteiger partial charge is 0.484 e. The van der Waals surface area contributed by atoms with Crippen LogP contribution in [0.15, 0.2) is 41.0 Å². The summed E-state index contributed by atoms with van der Waals surface area (Å²) in [6.07, 6.45) is 1.73. The molecule has 0 aliphatic carbocycles. The van der Waals surface area contributed by atoms with Gasteiger partial charge in [-0.2, -0.15) is 0 Å². The molecule has 0 unspecified atom stereocenters. The summed E-state index contributed by atoms with van der Waals surface area (Å²) in [5, 5.41) is 11.2. The fourth-order valence-electron chi connectivity index (χ4n) is 2.84. The Labute approximate surface area is 168 Å². The standard InChI is InChI=1S/C21H22ClN3O3/c1-4-14-6-7-15(5-2)17(11-14)20-21(25-28-24-20)23-19(26)12-27-16-8-9-18(22)13(3)10-16/h6-11H,4-5,12H2,1-3H3,(H,23,25,26). The summed E-state index contributed by atoms with van der Waals surface area (Å²) in [6.45, 7) is 5.86. The van der Waals surface area contributed by atoms with E-state index in [-0.39, 0.29) is 18.3 Å². The Bertz CT molecular complexity index is 985. The first-order chi connectivity index (χ1) is 13.5. The van der Waals surface area contributed by atoms with Crippen molar-refractivity contribution < 1.29 is 14.2 Å². The summed E-state index contributed by atoms with van der Waals surface area (Å²) >= 11 is 6.00. The number of nitrogens with one attached hydrogen (secondary N) is 1. The van der Waals surface area contributed by atoms with Gasteiger partial charge >= 0.3 is 0 Å². The summed E-state index contributed by atoms with van der Waals surface area (Å²) in [6, 6.07) is 11.5. The number of ether oxygens (including phenoxy) is 1. The fraction of sp³-hybridized carbons (Fsp3) is 0.286. The molecule has 6 nitrogen and oxygen atoms in total. The predicted octanol–water partition coefficient (Wildman–Crippen LogP) is 4.84. The highest BCUT2D eigenvalue weighted by Gasteiger charge is 2.18. The van der Waals surface area contributed by atoms with Crippen LogP contribution in [-0.4, -0.2) is 22.8 Å². The number of hydrogen-bond donors (Lipinski definition) is 1. The summed E-state index contributed by atoms with van der Waals surface area (Å²) in [5.74, 6) is 0.498. The average Bonchev–Trinajstić information content (AvgIpc) is 3.16. The molecule has 3 aromatic rings. The number of carbonyl (C=O) groups excluding carboxylic acids is 1. The second kappa shape index (κ2) is 8.89. The average molecular weight is 400 g/mol. The molecule has 0 aliphatic rings. The zero-order chi connectivity index (χ0) is 20.1. The van der Waals surface area contributed by atoms with Crippen molar-refractivity contribution >= 4 is 23.3 Å². The van der Waals surface area contributed by atoms with E-state index in [1.165, 1.54) is 5.56 Å². The smallest absolute Gasteiger partial charge is 0.263 e. The number of nitrogens with zero attached hydrogens (tertiary/aromatic N) is 2. The van der Waals surface area contributed by atoms with Gasteiger partial charge in [-0.05, 0) is 71.0 Å². The molecular weight excluding hydrogens is 378 g/mol. The Balaban J connectivity index is 1.73. The minimum atomic E-state index is -0.353. The maximum atomic E-state index is 12.3. The first-order valence-corrected chi connectivity index (χ1v) is 9.53. The lowest BCUT2D eigenvalue weighted by molar-refractivity contribution is -0.118. The van der Waals surface area contributed by atoms with Crippen LogP contribution < -0.4 is 10.1 Å². The minimum Gasteiger partial charge on any atom is -0.484 e. The molecule has 28 heavy (non-hydrogen) atoms. The lowest BCUT2D eigenvalue weighted by Gasteiger charge is -2.10. The zero-order valence-corrected chi connectivity index (χ0v) is 16.8. The normalized spacial score (nSPS) is 10.7. The molecule has 1 N–H and O–H groups in total. The van der Waals surface area contributed by atoms with E-state index in [2.05, 4.69) is 47.7 Å². The van der Waals surface area contributed by atoms with E-state index in [0.29, 0.717) is 16.5 Å². The lowest BCUT2D eigenvalue weighted by atomic mass is 9.98. The van der Waals surface area contributed by atoms with Crippen LogP contribution in [0.25, 0.3) is 11.3 Å². The maximum absolute atomic E-state index is 12.3. The van der Waals surface area contributed by atoms with Crippen molar-refractivity contribution in [3.63, 3.8) is 0 Å². The van der Waals surface area contributed by atoms with Gasteiger partial charge in [0.2, 0.25) is 5.82 Å². The van der Waals surface area contributed by atoms with Gasteiger partial charge in [0.1, 0.15) is 5.75 Å². The summed E-state index contributed by atoms with van der Waals surface area (Å²) in [5.41, 5.74) is 4.59. The zero-order valence-electron chi connectivity index (χ0n) is 16.1. The van der Waals surface area contributed by atoms with Gasteiger partial charge in [0.15, 0.2) is 12.3 Å². The van der Waals surface area contributed by atoms with Crippen molar-refractivity contribution in [2.75, 3.05) is 11.9 Å². The first-order valence-electron chi connectivity index (χ1n) is 9.15. The molecule has 0 atom stereocenters. The van der Waals surface area contributed by atoms with Gasteiger partial charge in [-0.1, -0.05) is 37.6 Å². The topological polar surface area (TPSA) is 77.3 Å². The highest BCUT2D eigenvalue weighted by molar-refractivity contribution is 6.31. The van der Waals surface area contributed by atoms with Crippen molar-refractivity contribution in [1.82, 2.24) is 10.3 Å². The third-order valence-corrected chi connectivity index (χ3v) is 4.89. The van der Waals surface area contributed by atoms with Crippen molar-refractivity contribution in [3.8, 4) is 17.0 Å². The Morgan fingerprint density at radius 2 is 1.96 bits per heavy atom. The molecule has 0 radical (unpaired) electrons. The second-order valence-electron chi connectivity index (χ2n) is 6.41. The number of anilines is 1. The third kappa shape index (κ3) is 4.51. The van der Waals surface area contributed by atoms with Crippen molar-refractivity contribution in [2.24, 2.45) is 0 Å². The summed E-state index contributed by atoms with van der Waals surface area (Å²) in [4.78, 5) is 12.3. The predicted molar refractivity (Wildman–Crippen MR) is 109 cm³/mol. The van der Waals surface area contributed by atoms with Crippen LogP contribution >= 0.6 is 11.6 Å². The molecule has 1 amide bonds. The van der Waals surface area contributed by atoms with Gasteiger partial charge < -0.3 is 10.1 Å². The Morgan fingerprint density at radius 3 is 2.68 bits per heavy atom. The maximum Gasteiger partial charge on any atom is 0.263 e. The first kappa shape index (κ1) is 19.9. The van der Waals surface area contributed by atoms with E-state index >= 15 is 0 Å². The van der Waals surface area contributed by atoms with Gasteiger partial charge in [0, 0.05) is 10.6 Å². The van der Waals surface area contributed by atoms with E-state index in [4.69, 9.17) is 21.0 Å². The van der Waals surface area contributed by atoms with Crippen LogP contribution in [0.2, 0.25) is 5.02 Å². The van der Waals surface area contributed by atoms with Crippen molar-refractivity contribution in [3.05, 3.63) is 58.1 Å². The van der Waals surface area contributed by atoms with Gasteiger partial charge in [-0.25, -0.2) is 4.63 Å². The number of benzene rings is 2. The van der Waals surface area contributed by atoms with E-state index in [1.807, 2.05) is 6.92 Å². The molecule has 146 valence electrons. The number of hydrogen-bond acceptors (Lipinski definition) is 5. The SMILES string of the molecule is CCc1ccc(CC)c(-c2nonc2NC(=O)COc2ccc(Cl)c(C)c2)c1. The fourth-order valence-corrected chi connectivity index (χ4v) is 2.96. The molecule has 0 fully saturated rings. The highest BCUT2D eigenvalue weighted by Crippen LogP contribution is 2.29. The number of halogens is 1. The van der Waals surface area contributed by atoms with E-state index in [9.17, 15) is 4.79 Å². The van der Waals surface area contributed by atoms with Crippen LogP contribution in [0, 0.1) is 6.92 Å². The quantitative estimate of drug-likeness (QED) is 0.615. The number of amides is 1. The molecule has 1 aromatic heterocycles. The molecule has 0 aliphatic heterocycles. The van der Waals surface area contributed by atoms with Gasteiger partial charge in [-0.3, -0.25) is 4.79 Å². The minimum absolute atomic E-state index is 0.164. The monoisotopic (exact) mass is 399 g/mol. The number of rotatable bonds is 7.